The van der Waals surface area contributed by atoms with Crippen LogP contribution in [0.2, 0.25) is 0 Å². The van der Waals surface area contributed by atoms with E-state index < -0.39 is 0 Å². The first kappa shape index (κ1) is 8.53. The van der Waals surface area contributed by atoms with E-state index in [1.165, 1.54) is 7.11 Å². The topological polar surface area (TPSA) is 38.3 Å². The van der Waals surface area contributed by atoms with Gasteiger partial charge in [-0.3, -0.25) is 4.79 Å². The summed E-state index contributed by atoms with van der Waals surface area (Å²) in [6, 6.07) is -0.0510. The molecule has 0 unspecified atom stereocenters. The van der Waals surface area contributed by atoms with Crippen LogP contribution in [-0.2, 0) is 9.53 Å². The van der Waals surface area contributed by atoms with Crippen molar-refractivity contribution < 1.29 is 9.53 Å². The van der Waals surface area contributed by atoms with E-state index >= 15 is 0 Å². The molecule has 0 aromatic rings. The molecular weight excluding hydrogens is 142 g/mol. The fourth-order valence-electron chi connectivity index (χ4n) is 1.44. The first-order chi connectivity index (χ1) is 5.27. The lowest BCUT2D eigenvalue weighted by Gasteiger charge is -2.06. The second-order valence-corrected chi connectivity index (χ2v) is 2.99. The van der Waals surface area contributed by atoms with Gasteiger partial charge in [0.05, 0.1) is 7.11 Å². The van der Waals surface area contributed by atoms with Crippen molar-refractivity contribution in [2.75, 3.05) is 13.7 Å². The highest BCUT2D eigenvalue weighted by Gasteiger charge is 2.28. The molecule has 1 N–H and O–H groups in total. The minimum atomic E-state index is -0.124. The summed E-state index contributed by atoms with van der Waals surface area (Å²) in [6.45, 7) is 3.10. The van der Waals surface area contributed by atoms with E-state index in [1.807, 2.05) is 0 Å². The van der Waals surface area contributed by atoms with Gasteiger partial charge in [-0.1, -0.05) is 13.3 Å². The molecule has 3 nitrogen and oxygen atoms in total. The molecule has 11 heavy (non-hydrogen) atoms. The zero-order chi connectivity index (χ0) is 8.27. The number of nitrogens with one attached hydrogen (secondary N) is 1. The maximum absolute atomic E-state index is 11.0. The van der Waals surface area contributed by atoms with Gasteiger partial charge in [0, 0.05) is 0 Å². The van der Waals surface area contributed by atoms with Crippen molar-refractivity contribution in [2.45, 2.75) is 25.8 Å². The predicted octanol–water partition coefficient (Wildman–Crippen LogP) is 0.547. The van der Waals surface area contributed by atoms with Crippen molar-refractivity contribution in [3.05, 3.63) is 0 Å². The molecule has 0 saturated carbocycles. The van der Waals surface area contributed by atoms with E-state index in [0.29, 0.717) is 5.92 Å². The molecule has 2 atom stereocenters. The number of rotatable bonds is 2. The third kappa shape index (κ3) is 1.93. The maximum Gasteiger partial charge on any atom is 0.322 e. The summed E-state index contributed by atoms with van der Waals surface area (Å²) in [5.74, 6) is 0.528. The van der Waals surface area contributed by atoms with Crippen molar-refractivity contribution in [3.8, 4) is 0 Å². The summed E-state index contributed by atoms with van der Waals surface area (Å²) in [6.07, 6.45) is 2.07. The summed E-state index contributed by atoms with van der Waals surface area (Å²) in [5.41, 5.74) is 0. The Labute approximate surface area is 67.1 Å². The number of esters is 1. The summed E-state index contributed by atoms with van der Waals surface area (Å²) in [7, 11) is 1.43. The number of hydrogen-bond acceptors (Lipinski definition) is 3. The monoisotopic (exact) mass is 157 g/mol. The Balaban J connectivity index is 2.35. The molecule has 1 aliphatic rings. The minimum absolute atomic E-state index is 0.0510. The van der Waals surface area contributed by atoms with Gasteiger partial charge in [-0.25, -0.2) is 0 Å². The van der Waals surface area contributed by atoms with Crippen molar-refractivity contribution in [1.82, 2.24) is 5.32 Å². The molecule has 0 aliphatic carbocycles. The largest absolute Gasteiger partial charge is 0.468 e. The van der Waals surface area contributed by atoms with Gasteiger partial charge >= 0.3 is 5.97 Å². The molecule has 1 fully saturated rings. The van der Waals surface area contributed by atoms with E-state index in [0.717, 1.165) is 19.4 Å². The number of carbonyl (C=O) groups excluding carboxylic acids is 1. The van der Waals surface area contributed by atoms with Gasteiger partial charge in [-0.05, 0) is 18.9 Å². The highest BCUT2D eigenvalue weighted by atomic mass is 16.5. The summed E-state index contributed by atoms with van der Waals surface area (Å²) >= 11 is 0. The van der Waals surface area contributed by atoms with Gasteiger partial charge in [0.1, 0.15) is 6.04 Å². The number of carbonyl (C=O) groups is 1. The molecule has 1 saturated heterocycles. The first-order valence-electron chi connectivity index (χ1n) is 4.09. The van der Waals surface area contributed by atoms with Crippen LogP contribution in [0, 0.1) is 5.92 Å². The van der Waals surface area contributed by atoms with Crippen molar-refractivity contribution in [3.63, 3.8) is 0 Å². The van der Waals surface area contributed by atoms with Crippen LogP contribution in [0.15, 0.2) is 0 Å². The van der Waals surface area contributed by atoms with Crippen LogP contribution < -0.4 is 5.32 Å². The van der Waals surface area contributed by atoms with Crippen LogP contribution in [0.25, 0.3) is 0 Å². The molecule has 3 heteroatoms. The lowest BCUT2D eigenvalue weighted by molar-refractivity contribution is -0.142. The maximum atomic E-state index is 11.0. The fourth-order valence-corrected chi connectivity index (χ4v) is 1.44. The van der Waals surface area contributed by atoms with Crippen molar-refractivity contribution in [2.24, 2.45) is 5.92 Å². The van der Waals surface area contributed by atoms with Crippen LogP contribution in [0.4, 0.5) is 0 Å². The SMILES string of the molecule is CC[C@@H]1CN[C@H](C(=O)OC)C1. The summed E-state index contributed by atoms with van der Waals surface area (Å²) in [5, 5.41) is 3.13. The molecule has 0 aromatic heterocycles. The molecule has 1 rings (SSSR count). The van der Waals surface area contributed by atoms with Gasteiger partial charge < -0.3 is 10.1 Å². The third-order valence-corrected chi connectivity index (χ3v) is 2.29. The molecule has 0 bridgehead atoms. The number of hydrogen-bond donors (Lipinski definition) is 1. The van der Waals surface area contributed by atoms with E-state index in [1.54, 1.807) is 0 Å². The quantitative estimate of drug-likeness (QED) is 0.595. The molecule has 1 heterocycles. The molecule has 0 spiro atoms. The van der Waals surface area contributed by atoms with Crippen LogP contribution in [0.3, 0.4) is 0 Å². The van der Waals surface area contributed by atoms with E-state index in [9.17, 15) is 4.79 Å². The van der Waals surface area contributed by atoms with Crippen LogP contribution in [0.5, 0.6) is 0 Å². The molecule has 0 aromatic carbocycles. The lowest BCUT2D eigenvalue weighted by atomic mass is 10.0. The highest BCUT2D eigenvalue weighted by Crippen LogP contribution is 2.17. The van der Waals surface area contributed by atoms with E-state index in [4.69, 9.17) is 0 Å². The average molecular weight is 157 g/mol. The zero-order valence-electron chi connectivity index (χ0n) is 7.09. The van der Waals surface area contributed by atoms with Gasteiger partial charge in [-0.15, -0.1) is 0 Å². The van der Waals surface area contributed by atoms with Gasteiger partial charge in [-0.2, -0.15) is 0 Å². The highest BCUT2D eigenvalue weighted by molar-refractivity contribution is 5.75. The molecule has 64 valence electrons. The summed E-state index contributed by atoms with van der Waals surface area (Å²) < 4.78 is 4.63. The van der Waals surface area contributed by atoms with Crippen molar-refractivity contribution in [1.29, 1.82) is 0 Å². The fraction of sp³-hybridized carbons (Fsp3) is 0.875. The molecule has 0 radical (unpaired) electrons. The number of methoxy groups -OCH3 is 1. The normalized spacial score (nSPS) is 30.4. The molecule has 0 amide bonds. The Kier molecular flexibility index (Phi) is 2.88. The van der Waals surface area contributed by atoms with Gasteiger partial charge in [0.15, 0.2) is 0 Å². The second kappa shape index (κ2) is 3.72. The predicted molar refractivity (Wildman–Crippen MR) is 42.2 cm³/mol. The Morgan fingerprint density at radius 3 is 2.91 bits per heavy atom. The molecule has 1 aliphatic heterocycles. The van der Waals surface area contributed by atoms with E-state index in [2.05, 4.69) is 17.0 Å². The Morgan fingerprint density at radius 2 is 2.45 bits per heavy atom. The zero-order valence-corrected chi connectivity index (χ0v) is 7.09. The Hall–Kier alpha value is -0.570. The lowest BCUT2D eigenvalue weighted by Crippen LogP contribution is -2.31. The minimum Gasteiger partial charge on any atom is -0.468 e. The van der Waals surface area contributed by atoms with Crippen LogP contribution in [-0.4, -0.2) is 25.7 Å². The average Bonchev–Trinajstić information content (AvgIpc) is 2.50. The summed E-state index contributed by atoms with van der Waals surface area (Å²) in [4.78, 5) is 11.0. The Bertz CT molecular complexity index is 147. The smallest absolute Gasteiger partial charge is 0.322 e. The molecular formula is C8H15NO2. The standard InChI is InChI=1S/C8H15NO2/c1-3-6-4-7(9-5-6)8(10)11-2/h6-7,9H,3-5H2,1-2H3/t6-,7-/m0/s1. The first-order valence-corrected chi connectivity index (χ1v) is 4.09. The second-order valence-electron chi connectivity index (χ2n) is 2.99. The van der Waals surface area contributed by atoms with Gasteiger partial charge in [0.25, 0.3) is 0 Å². The van der Waals surface area contributed by atoms with Gasteiger partial charge in [0.2, 0.25) is 0 Å². The van der Waals surface area contributed by atoms with Crippen LogP contribution in [0.1, 0.15) is 19.8 Å². The van der Waals surface area contributed by atoms with E-state index in [-0.39, 0.29) is 12.0 Å². The van der Waals surface area contributed by atoms with Crippen LogP contribution >= 0.6 is 0 Å². The van der Waals surface area contributed by atoms with Crippen molar-refractivity contribution >= 4 is 5.97 Å². The third-order valence-electron chi connectivity index (χ3n) is 2.29. The Morgan fingerprint density at radius 1 is 1.73 bits per heavy atom. The number of ether oxygens (including phenoxy) is 1.